The lowest BCUT2D eigenvalue weighted by Gasteiger charge is -2.48. The van der Waals surface area contributed by atoms with Gasteiger partial charge in [0.1, 0.15) is 23.5 Å². The van der Waals surface area contributed by atoms with Crippen LogP contribution in [0, 0.1) is 5.41 Å². The second-order valence-corrected chi connectivity index (χ2v) is 9.50. The lowest BCUT2D eigenvalue weighted by molar-refractivity contribution is 0.0933. The maximum atomic E-state index is 6.39. The van der Waals surface area contributed by atoms with Crippen molar-refractivity contribution >= 4 is 22.4 Å². The number of hydrogen-bond acceptors (Lipinski definition) is 7. The van der Waals surface area contributed by atoms with Crippen molar-refractivity contribution in [3.05, 3.63) is 60.8 Å². The van der Waals surface area contributed by atoms with Gasteiger partial charge < -0.3 is 20.8 Å². The second-order valence-electron chi connectivity index (χ2n) is 9.50. The van der Waals surface area contributed by atoms with Gasteiger partial charge in [0.25, 0.3) is 0 Å². The molecule has 0 unspecified atom stereocenters. The molecule has 0 saturated heterocycles. The van der Waals surface area contributed by atoms with Crippen molar-refractivity contribution < 1.29 is 4.74 Å². The summed E-state index contributed by atoms with van der Waals surface area (Å²) in [7, 11) is 2.06. The Morgan fingerprint density at radius 3 is 2.50 bits per heavy atom. The molecule has 1 saturated carbocycles. The number of fused-ring (bicyclic) bond motifs is 1. The van der Waals surface area contributed by atoms with Crippen molar-refractivity contribution in [3.63, 3.8) is 0 Å². The van der Waals surface area contributed by atoms with Crippen LogP contribution in [0.4, 0.5) is 5.82 Å². The summed E-state index contributed by atoms with van der Waals surface area (Å²) in [5.74, 6) is 1.15. The summed E-state index contributed by atoms with van der Waals surface area (Å²) in [5.41, 5.74) is 18.3. The molecule has 2 aliphatic carbocycles. The zero-order valence-corrected chi connectivity index (χ0v) is 19.1. The van der Waals surface area contributed by atoms with Crippen molar-refractivity contribution in [1.82, 2.24) is 24.5 Å². The molecule has 3 heterocycles. The molecule has 4 aromatic rings. The van der Waals surface area contributed by atoms with Crippen molar-refractivity contribution in [2.45, 2.75) is 38.1 Å². The lowest BCUT2D eigenvalue weighted by atomic mass is 9.59. The minimum atomic E-state index is 0.316. The molecule has 34 heavy (non-hydrogen) atoms. The topological polar surface area (TPSA) is 118 Å². The van der Waals surface area contributed by atoms with Crippen molar-refractivity contribution in [3.8, 4) is 22.9 Å². The third-order valence-electron chi connectivity index (χ3n) is 7.29. The van der Waals surface area contributed by atoms with Crippen LogP contribution in [0.25, 0.3) is 27.7 Å². The van der Waals surface area contributed by atoms with Gasteiger partial charge in [0.2, 0.25) is 0 Å². The Balaban J connectivity index is 1.42. The molecule has 4 N–H and O–H groups in total. The minimum Gasteiger partial charge on any atom is -0.424 e. The fourth-order valence-corrected chi connectivity index (χ4v) is 5.65. The molecule has 1 spiro atoms. The molecule has 1 aromatic carbocycles. The van der Waals surface area contributed by atoms with Gasteiger partial charge in [-0.05, 0) is 66.9 Å². The Hall–Kier alpha value is -3.78. The Morgan fingerprint density at radius 1 is 1.06 bits per heavy atom. The van der Waals surface area contributed by atoms with Gasteiger partial charge in [0.05, 0.1) is 11.1 Å². The van der Waals surface area contributed by atoms with Crippen LogP contribution in [0.2, 0.25) is 0 Å². The zero-order chi connectivity index (χ0) is 23.3. The number of aryl methyl sites for hydroxylation is 1. The highest BCUT2D eigenvalue weighted by molar-refractivity contribution is 6.06. The monoisotopic (exact) mass is 453 g/mol. The molecule has 0 bridgehead atoms. The number of ether oxygens (including phenoxy) is 1. The molecule has 6 rings (SSSR count). The van der Waals surface area contributed by atoms with Gasteiger partial charge in [-0.15, -0.1) is 0 Å². The molecule has 0 aliphatic heterocycles. The van der Waals surface area contributed by atoms with E-state index >= 15 is 0 Å². The maximum Gasteiger partial charge on any atom is 0.321 e. The normalized spacial score (nSPS) is 21.9. The van der Waals surface area contributed by atoms with Gasteiger partial charge in [0.15, 0.2) is 0 Å². The fraction of sp³-hybridized carbons (Fsp3) is 0.308. The highest BCUT2D eigenvalue weighted by atomic mass is 16.5. The minimum absolute atomic E-state index is 0.316. The largest absolute Gasteiger partial charge is 0.424 e. The van der Waals surface area contributed by atoms with E-state index in [0.717, 1.165) is 53.5 Å². The maximum absolute atomic E-state index is 6.39. The van der Waals surface area contributed by atoms with Crippen LogP contribution in [-0.2, 0) is 7.05 Å². The average molecular weight is 454 g/mol. The van der Waals surface area contributed by atoms with Crippen LogP contribution in [0.5, 0.6) is 11.8 Å². The lowest BCUT2D eigenvalue weighted by Crippen LogP contribution is -2.46. The van der Waals surface area contributed by atoms with Gasteiger partial charge in [-0.2, -0.15) is 0 Å². The number of anilines is 1. The van der Waals surface area contributed by atoms with E-state index in [2.05, 4.69) is 37.6 Å². The predicted octanol–water partition coefficient (Wildman–Crippen LogP) is 4.47. The Kier molecular flexibility index (Phi) is 4.84. The summed E-state index contributed by atoms with van der Waals surface area (Å²) < 4.78 is 7.94. The Labute approximate surface area is 197 Å². The number of rotatable bonds is 4. The van der Waals surface area contributed by atoms with E-state index in [4.69, 9.17) is 16.2 Å². The molecule has 0 amide bonds. The Morgan fingerprint density at radius 2 is 1.82 bits per heavy atom. The van der Waals surface area contributed by atoms with E-state index in [9.17, 15) is 0 Å². The summed E-state index contributed by atoms with van der Waals surface area (Å²) in [4.78, 5) is 17.1. The summed E-state index contributed by atoms with van der Waals surface area (Å²) in [6.07, 6.45) is 12.8. The number of nitrogens with two attached hydrogens (primary N) is 2. The first-order valence-electron chi connectivity index (χ1n) is 11.6. The predicted molar refractivity (Wildman–Crippen MR) is 132 cm³/mol. The van der Waals surface area contributed by atoms with Crippen LogP contribution in [0.1, 0.15) is 37.8 Å². The van der Waals surface area contributed by atoms with Gasteiger partial charge in [0, 0.05) is 31.0 Å². The third kappa shape index (κ3) is 3.42. The Bertz CT molecular complexity index is 1390. The smallest absolute Gasteiger partial charge is 0.321 e. The van der Waals surface area contributed by atoms with E-state index in [1.54, 1.807) is 18.5 Å². The number of nitrogens with zero attached hydrogens (tertiary/aromatic N) is 5. The van der Waals surface area contributed by atoms with Crippen LogP contribution in [0.3, 0.4) is 0 Å². The SMILES string of the molecule is Cn1c(C2=CCC3(CC2)CC(N)C3)c(-c2ccc(Oc3ncccn3)cc2)c2c(N)ncnc21. The molecule has 8 nitrogen and oxygen atoms in total. The number of benzene rings is 1. The molecular weight excluding hydrogens is 426 g/mol. The van der Waals surface area contributed by atoms with Gasteiger partial charge in [-0.3, -0.25) is 0 Å². The first-order valence-corrected chi connectivity index (χ1v) is 11.6. The van der Waals surface area contributed by atoms with Crippen LogP contribution in [-0.4, -0.2) is 30.5 Å². The molecule has 0 atom stereocenters. The fourth-order valence-electron chi connectivity index (χ4n) is 5.65. The van der Waals surface area contributed by atoms with E-state index in [1.165, 1.54) is 18.3 Å². The highest BCUT2D eigenvalue weighted by Gasteiger charge is 2.43. The van der Waals surface area contributed by atoms with Gasteiger partial charge in [-0.25, -0.2) is 19.9 Å². The van der Waals surface area contributed by atoms with Crippen molar-refractivity contribution in [2.75, 3.05) is 5.73 Å². The quantitative estimate of drug-likeness (QED) is 0.468. The van der Waals surface area contributed by atoms with Crippen LogP contribution < -0.4 is 16.2 Å². The average Bonchev–Trinajstić information content (AvgIpc) is 3.14. The standard InChI is InChI=1S/C26H27N7O/c1-33-22(17-7-9-26(10-8-17)13-18(27)14-26)20(21-23(28)31-15-32-24(21)33)16-3-5-19(6-4-16)34-25-29-11-2-12-30-25/h2-7,11-12,15,18H,8-10,13-14,27H2,1H3,(H2,28,31,32). The van der Waals surface area contributed by atoms with Gasteiger partial charge >= 0.3 is 6.01 Å². The molecule has 8 heteroatoms. The summed E-state index contributed by atoms with van der Waals surface area (Å²) in [6.45, 7) is 0. The van der Waals surface area contributed by atoms with Crippen LogP contribution in [0.15, 0.2) is 55.1 Å². The van der Waals surface area contributed by atoms with E-state index < -0.39 is 0 Å². The second kappa shape index (κ2) is 7.92. The molecular formula is C26H27N7O. The van der Waals surface area contributed by atoms with E-state index in [-0.39, 0.29) is 0 Å². The number of allylic oxidation sites excluding steroid dienone is 2. The molecule has 0 radical (unpaired) electrons. The molecule has 2 aliphatic rings. The summed E-state index contributed by atoms with van der Waals surface area (Å²) in [5, 5.41) is 0.881. The number of nitrogen functional groups attached to an aromatic ring is 1. The van der Waals surface area contributed by atoms with E-state index in [1.807, 2.05) is 24.3 Å². The number of hydrogen-bond donors (Lipinski definition) is 2. The number of aromatic nitrogens is 5. The first kappa shape index (κ1) is 20.8. The molecule has 1 fully saturated rings. The molecule has 172 valence electrons. The summed E-state index contributed by atoms with van der Waals surface area (Å²) in [6, 6.07) is 10.4. The van der Waals surface area contributed by atoms with Crippen molar-refractivity contribution in [1.29, 1.82) is 0 Å². The first-order chi connectivity index (χ1) is 16.5. The van der Waals surface area contributed by atoms with Gasteiger partial charge in [-0.1, -0.05) is 18.2 Å². The highest BCUT2D eigenvalue weighted by Crippen LogP contribution is 2.53. The van der Waals surface area contributed by atoms with Crippen LogP contribution >= 0.6 is 0 Å². The summed E-state index contributed by atoms with van der Waals surface area (Å²) >= 11 is 0. The van der Waals surface area contributed by atoms with E-state index in [0.29, 0.717) is 29.0 Å². The zero-order valence-electron chi connectivity index (χ0n) is 19.1. The molecule has 3 aromatic heterocycles. The van der Waals surface area contributed by atoms with Crippen molar-refractivity contribution in [2.24, 2.45) is 18.2 Å². The third-order valence-corrected chi connectivity index (χ3v) is 7.29.